The molecular weight excluding hydrogens is 226 g/mol. The van der Waals surface area contributed by atoms with E-state index in [4.69, 9.17) is 5.73 Å². The van der Waals surface area contributed by atoms with Crippen LogP contribution < -0.4 is 5.73 Å². The van der Waals surface area contributed by atoms with E-state index < -0.39 is 0 Å². The zero-order valence-electron chi connectivity index (χ0n) is 11.5. The average Bonchev–Trinajstić information content (AvgIpc) is 2.27. The SMILES string of the molecule is CCC(N)Cc1cc(C)ccc1SCC(C)C. The Morgan fingerprint density at radius 3 is 2.59 bits per heavy atom. The van der Waals surface area contributed by atoms with E-state index >= 15 is 0 Å². The van der Waals surface area contributed by atoms with Gasteiger partial charge in [0.25, 0.3) is 0 Å². The molecule has 0 aliphatic carbocycles. The summed E-state index contributed by atoms with van der Waals surface area (Å²) in [5, 5.41) is 0. The average molecular weight is 251 g/mol. The van der Waals surface area contributed by atoms with Crippen LogP contribution in [0.3, 0.4) is 0 Å². The first kappa shape index (κ1) is 14.6. The maximum absolute atomic E-state index is 6.07. The summed E-state index contributed by atoms with van der Waals surface area (Å²) in [6.07, 6.45) is 2.04. The number of hydrogen-bond acceptors (Lipinski definition) is 2. The van der Waals surface area contributed by atoms with Crippen LogP contribution >= 0.6 is 11.8 Å². The molecule has 1 rings (SSSR count). The molecule has 0 fully saturated rings. The summed E-state index contributed by atoms with van der Waals surface area (Å²) >= 11 is 1.96. The Morgan fingerprint density at radius 1 is 1.29 bits per heavy atom. The quantitative estimate of drug-likeness (QED) is 0.773. The van der Waals surface area contributed by atoms with Crippen molar-refractivity contribution >= 4 is 11.8 Å². The van der Waals surface area contributed by atoms with Crippen LogP contribution in [-0.4, -0.2) is 11.8 Å². The van der Waals surface area contributed by atoms with Crippen molar-refractivity contribution in [1.82, 2.24) is 0 Å². The molecule has 1 atom stereocenters. The molecule has 0 aliphatic rings. The molecule has 1 unspecified atom stereocenters. The van der Waals surface area contributed by atoms with Crippen LogP contribution in [0.2, 0.25) is 0 Å². The Hall–Kier alpha value is -0.470. The van der Waals surface area contributed by atoms with Gasteiger partial charge in [-0.1, -0.05) is 38.5 Å². The third-order valence-electron chi connectivity index (χ3n) is 2.79. The van der Waals surface area contributed by atoms with Gasteiger partial charge in [-0.3, -0.25) is 0 Å². The van der Waals surface area contributed by atoms with Crippen LogP contribution in [0.15, 0.2) is 23.1 Å². The number of hydrogen-bond donors (Lipinski definition) is 1. The number of rotatable bonds is 6. The van der Waals surface area contributed by atoms with Crippen molar-refractivity contribution < 1.29 is 0 Å². The normalized spacial score (nSPS) is 13.1. The van der Waals surface area contributed by atoms with Crippen molar-refractivity contribution in [2.45, 2.75) is 51.5 Å². The van der Waals surface area contributed by atoms with Gasteiger partial charge in [0.05, 0.1) is 0 Å². The zero-order valence-corrected chi connectivity index (χ0v) is 12.3. The van der Waals surface area contributed by atoms with E-state index in [9.17, 15) is 0 Å². The van der Waals surface area contributed by atoms with E-state index in [2.05, 4.69) is 45.9 Å². The lowest BCUT2D eigenvalue weighted by Crippen LogP contribution is -2.21. The van der Waals surface area contributed by atoms with Crippen LogP contribution in [0.25, 0.3) is 0 Å². The fraction of sp³-hybridized carbons (Fsp3) is 0.600. The largest absolute Gasteiger partial charge is 0.327 e. The summed E-state index contributed by atoms with van der Waals surface area (Å²) in [6.45, 7) is 8.83. The van der Waals surface area contributed by atoms with Gasteiger partial charge in [0.15, 0.2) is 0 Å². The van der Waals surface area contributed by atoms with Crippen molar-refractivity contribution in [3.8, 4) is 0 Å². The van der Waals surface area contributed by atoms with Crippen molar-refractivity contribution in [2.75, 3.05) is 5.75 Å². The molecule has 0 aromatic heterocycles. The summed E-state index contributed by atoms with van der Waals surface area (Å²) in [6, 6.07) is 7.03. The first-order valence-corrected chi connectivity index (χ1v) is 7.49. The van der Waals surface area contributed by atoms with Gasteiger partial charge in [-0.15, -0.1) is 11.8 Å². The zero-order chi connectivity index (χ0) is 12.8. The topological polar surface area (TPSA) is 26.0 Å². The maximum atomic E-state index is 6.07. The monoisotopic (exact) mass is 251 g/mol. The van der Waals surface area contributed by atoms with Crippen molar-refractivity contribution in [3.05, 3.63) is 29.3 Å². The molecule has 0 heterocycles. The minimum absolute atomic E-state index is 0.287. The van der Waals surface area contributed by atoms with Crippen LogP contribution in [0.4, 0.5) is 0 Å². The van der Waals surface area contributed by atoms with Gasteiger partial charge in [-0.05, 0) is 37.3 Å². The molecule has 2 heteroatoms. The highest BCUT2D eigenvalue weighted by Gasteiger charge is 2.08. The third kappa shape index (κ3) is 5.13. The van der Waals surface area contributed by atoms with Crippen LogP contribution in [-0.2, 0) is 6.42 Å². The lowest BCUT2D eigenvalue weighted by molar-refractivity contribution is 0.640. The Morgan fingerprint density at radius 2 is 2.00 bits per heavy atom. The minimum Gasteiger partial charge on any atom is -0.327 e. The summed E-state index contributed by atoms with van der Waals surface area (Å²) in [7, 11) is 0. The molecule has 0 aliphatic heterocycles. The third-order valence-corrected chi connectivity index (χ3v) is 4.34. The first-order valence-electron chi connectivity index (χ1n) is 6.50. The fourth-order valence-electron chi connectivity index (χ4n) is 1.69. The van der Waals surface area contributed by atoms with E-state index in [0.717, 1.165) is 18.8 Å². The van der Waals surface area contributed by atoms with Crippen molar-refractivity contribution in [2.24, 2.45) is 11.7 Å². The van der Waals surface area contributed by atoms with Gasteiger partial charge in [0.1, 0.15) is 0 Å². The molecule has 1 nitrogen and oxygen atoms in total. The highest BCUT2D eigenvalue weighted by molar-refractivity contribution is 7.99. The molecule has 17 heavy (non-hydrogen) atoms. The lowest BCUT2D eigenvalue weighted by Gasteiger charge is -2.14. The molecular formula is C15H25NS. The van der Waals surface area contributed by atoms with Gasteiger partial charge in [-0.25, -0.2) is 0 Å². The molecule has 0 bridgehead atoms. The molecule has 0 radical (unpaired) electrons. The van der Waals surface area contributed by atoms with Crippen molar-refractivity contribution in [3.63, 3.8) is 0 Å². The summed E-state index contributed by atoms with van der Waals surface area (Å²) < 4.78 is 0. The number of aryl methyl sites for hydroxylation is 1. The second-order valence-corrected chi connectivity index (χ2v) is 6.25. The Kier molecular flexibility index (Phi) is 6.07. The molecule has 1 aromatic rings. The van der Waals surface area contributed by atoms with E-state index in [-0.39, 0.29) is 6.04 Å². The summed E-state index contributed by atoms with van der Waals surface area (Å²) in [5.74, 6) is 1.91. The Bertz CT molecular complexity index is 347. The molecule has 0 amide bonds. The van der Waals surface area contributed by atoms with Gasteiger partial charge < -0.3 is 5.73 Å². The fourth-order valence-corrected chi connectivity index (χ4v) is 2.70. The van der Waals surface area contributed by atoms with Gasteiger partial charge in [-0.2, -0.15) is 0 Å². The minimum atomic E-state index is 0.287. The molecule has 2 N–H and O–H groups in total. The second kappa shape index (κ2) is 7.07. The van der Waals surface area contributed by atoms with E-state index in [0.29, 0.717) is 0 Å². The smallest absolute Gasteiger partial charge is 0.0105 e. The number of benzene rings is 1. The van der Waals surface area contributed by atoms with E-state index in [1.165, 1.54) is 21.8 Å². The highest BCUT2D eigenvalue weighted by atomic mass is 32.2. The van der Waals surface area contributed by atoms with Crippen LogP contribution in [0.1, 0.15) is 38.3 Å². The Balaban J connectivity index is 2.79. The van der Waals surface area contributed by atoms with E-state index in [1.807, 2.05) is 11.8 Å². The van der Waals surface area contributed by atoms with Crippen LogP contribution in [0.5, 0.6) is 0 Å². The van der Waals surface area contributed by atoms with Gasteiger partial charge in [0, 0.05) is 16.7 Å². The molecule has 0 spiro atoms. The maximum Gasteiger partial charge on any atom is 0.0105 e. The molecule has 96 valence electrons. The predicted octanol–water partition coefficient (Wildman–Crippen LogP) is 4.02. The summed E-state index contributed by atoms with van der Waals surface area (Å²) in [5.41, 5.74) is 8.82. The molecule has 0 saturated carbocycles. The predicted molar refractivity (Wildman–Crippen MR) is 78.7 cm³/mol. The number of thioether (sulfide) groups is 1. The first-order chi connectivity index (χ1) is 8.02. The standard InChI is InChI=1S/C15H25NS/c1-5-14(16)9-13-8-12(4)6-7-15(13)17-10-11(2)3/h6-8,11,14H,5,9-10,16H2,1-4H3. The molecule has 1 aromatic carbocycles. The lowest BCUT2D eigenvalue weighted by atomic mass is 10.0. The van der Waals surface area contributed by atoms with Crippen LogP contribution in [0, 0.1) is 12.8 Å². The molecule has 0 saturated heterocycles. The van der Waals surface area contributed by atoms with Crippen molar-refractivity contribution in [1.29, 1.82) is 0 Å². The Labute approximate surface area is 110 Å². The highest BCUT2D eigenvalue weighted by Crippen LogP contribution is 2.26. The van der Waals surface area contributed by atoms with E-state index in [1.54, 1.807) is 0 Å². The number of nitrogens with two attached hydrogens (primary N) is 1. The summed E-state index contributed by atoms with van der Waals surface area (Å²) in [4.78, 5) is 1.41. The second-order valence-electron chi connectivity index (χ2n) is 5.19. The van der Waals surface area contributed by atoms with Gasteiger partial charge in [0.2, 0.25) is 0 Å². The van der Waals surface area contributed by atoms with Gasteiger partial charge >= 0.3 is 0 Å².